The molecule has 5 nitrogen and oxygen atoms in total. The van der Waals surface area contributed by atoms with Crippen LogP contribution in [0.15, 0.2) is 5.16 Å². The van der Waals surface area contributed by atoms with Gasteiger partial charge in [-0.1, -0.05) is 31.8 Å². The van der Waals surface area contributed by atoms with Gasteiger partial charge in [-0.25, -0.2) is 0 Å². The van der Waals surface area contributed by atoms with Gasteiger partial charge in [0.05, 0.1) is 5.92 Å². The molecule has 5 heteroatoms. The molecule has 92 valence electrons. The van der Waals surface area contributed by atoms with Crippen LogP contribution in [0.1, 0.15) is 39.5 Å². The minimum atomic E-state index is -0.492. The minimum Gasteiger partial charge on any atom is -0.409 e. The topological polar surface area (TPSA) is 87.7 Å². The lowest BCUT2D eigenvalue weighted by molar-refractivity contribution is -0.123. The smallest absolute Gasteiger partial charge is 0.231 e. The van der Waals surface area contributed by atoms with Crippen molar-refractivity contribution >= 4 is 11.7 Å². The normalized spacial score (nSPS) is 26.2. The number of rotatable bonds is 6. The average molecular weight is 227 g/mol. The van der Waals surface area contributed by atoms with E-state index in [1.165, 1.54) is 0 Å². The monoisotopic (exact) mass is 227 g/mol. The van der Waals surface area contributed by atoms with Crippen molar-refractivity contribution < 1.29 is 10.0 Å². The van der Waals surface area contributed by atoms with Gasteiger partial charge in [-0.3, -0.25) is 4.79 Å². The van der Waals surface area contributed by atoms with Gasteiger partial charge in [0.1, 0.15) is 0 Å². The maximum atomic E-state index is 11.9. The molecule has 0 aromatic heterocycles. The zero-order chi connectivity index (χ0) is 12.1. The average Bonchev–Trinajstić information content (AvgIpc) is 3.03. The Hall–Kier alpha value is -1.26. The number of nitrogens with two attached hydrogens (primary N) is 1. The Balaban J connectivity index is 2.48. The van der Waals surface area contributed by atoms with E-state index in [-0.39, 0.29) is 11.7 Å². The Morgan fingerprint density at radius 1 is 1.62 bits per heavy atom. The predicted molar refractivity (Wildman–Crippen MR) is 62.1 cm³/mol. The zero-order valence-electron chi connectivity index (χ0n) is 9.94. The van der Waals surface area contributed by atoms with Crippen LogP contribution >= 0.6 is 0 Å². The van der Waals surface area contributed by atoms with Crippen LogP contribution in [0.5, 0.6) is 0 Å². The molecule has 1 fully saturated rings. The third kappa shape index (κ3) is 3.12. The number of carbonyl (C=O) groups is 1. The SMILES string of the molecule is CCCC(C(=O)NC1CC1CC)C(N)=NO. The third-order valence-corrected chi connectivity index (χ3v) is 3.14. The molecule has 0 saturated heterocycles. The minimum absolute atomic E-state index is 0.00745. The summed E-state index contributed by atoms with van der Waals surface area (Å²) >= 11 is 0. The van der Waals surface area contributed by atoms with Crippen LogP contribution in [-0.4, -0.2) is 23.0 Å². The molecular formula is C11H21N3O2. The molecule has 3 atom stereocenters. The van der Waals surface area contributed by atoms with Crippen molar-refractivity contribution in [3.8, 4) is 0 Å². The fraction of sp³-hybridized carbons (Fsp3) is 0.818. The van der Waals surface area contributed by atoms with Crippen molar-refractivity contribution in [2.45, 2.75) is 45.6 Å². The van der Waals surface area contributed by atoms with Crippen LogP contribution in [0.2, 0.25) is 0 Å². The summed E-state index contributed by atoms with van der Waals surface area (Å²) in [6.45, 7) is 4.08. The Labute approximate surface area is 96.1 Å². The van der Waals surface area contributed by atoms with Gasteiger partial charge in [-0.2, -0.15) is 0 Å². The Kier molecular flexibility index (Phi) is 4.58. The fourth-order valence-electron chi connectivity index (χ4n) is 1.93. The highest BCUT2D eigenvalue weighted by atomic mass is 16.4. The van der Waals surface area contributed by atoms with Gasteiger partial charge < -0.3 is 16.3 Å². The number of hydrogen-bond acceptors (Lipinski definition) is 3. The molecule has 1 rings (SSSR count). The van der Waals surface area contributed by atoms with Gasteiger partial charge >= 0.3 is 0 Å². The molecule has 0 aromatic carbocycles. The highest BCUT2D eigenvalue weighted by Gasteiger charge is 2.38. The number of hydrogen-bond donors (Lipinski definition) is 3. The molecule has 0 aliphatic heterocycles. The van der Waals surface area contributed by atoms with Crippen LogP contribution in [0.25, 0.3) is 0 Å². The van der Waals surface area contributed by atoms with Gasteiger partial charge in [-0.05, 0) is 18.8 Å². The standard InChI is InChI=1S/C11H21N3O2/c1-3-5-8(10(12)14-16)11(15)13-9-6-7(9)4-2/h7-9,16H,3-6H2,1-2H3,(H2,12,14)(H,13,15). The second-order valence-electron chi connectivity index (χ2n) is 4.39. The maximum Gasteiger partial charge on any atom is 0.231 e. The molecule has 0 radical (unpaired) electrons. The Morgan fingerprint density at radius 2 is 2.31 bits per heavy atom. The van der Waals surface area contributed by atoms with E-state index in [0.717, 1.165) is 19.3 Å². The lowest BCUT2D eigenvalue weighted by Gasteiger charge is -2.14. The molecule has 0 heterocycles. The lowest BCUT2D eigenvalue weighted by atomic mass is 10.0. The van der Waals surface area contributed by atoms with Crippen molar-refractivity contribution in [3.63, 3.8) is 0 Å². The summed E-state index contributed by atoms with van der Waals surface area (Å²) in [5.74, 6) is 0.0118. The number of amides is 1. The lowest BCUT2D eigenvalue weighted by Crippen LogP contribution is -2.40. The fourth-order valence-corrected chi connectivity index (χ4v) is 1.93. The Morgan fingerprint density at radius 3 is 2.75 bits per heavy atom. The molecule has 1 saturated carbocycles. The van der Waals surface area contributed by atoms with E-state index in [2.05, 4.69) is 17.4 Å². The summed E-state index contributed by atoms with van der Waals surface area (Å²) in [7, 11) is 0. The van der Waals surface area contributed by atoms with Gasteiger partial charge in [0, 0.05) is 6.04 Å². The van der Waals surface area contributed by atoms with E-state index in [1.54, 1.807) is 0 Å². The molecular weight excluding hydrogens is 206 g/mol. The van der Waals surface area contributed by atoms with Crippen LogP contribution in [0.3, 0.4) is 0 Å². The second kappa shape index (κ2) is 5.72. The first-order chi connectivity index (χ1) is 7.63. The van der Waals surface area contributed by atoms with E-state index >= 15 is 0 Å². The highest BCUT2D eigenvalue weighted by Crippen LogP contribution is 2.33. The van der Waals surface area contributed by atoms with E-state index in [0.29, 0.717) is 18.4 Å². The van der Waals surface area contributed by atoms with Crippen molar-refractivity contribution in [1.82, 2.24) is 5.32 Å². The summed E-state index contributed by atoms with van der Waals surface area (Å²) < 4.78 is 0. The van der Waals surface area contributed by atoms with Crippen molar-refractivity contribution in [2.75, 3.05) is 0 Å². The number of carbonyl (C=O) groups excluding carboxylic acids is 1. The van der Waals surface area contributed by atoms with Gasteiger partial charge in [0.25, 0.3) is 0 Å². The summed E-state index contributed by atoms with van der Waals surface area (Å²) in [5.41, 5.74) is 5.51. The van der Waals surface area contributed by atoms with Gasteiger partial charge in [0.15, 0.2) is 5.84 Å². The van der Waals surface area contributed by atoms with E-state index < -0.39 is 5.92 Å². The predicted octanol–water partition coefficient (Wildman–Crippen LogP) is 1.06. The van der Waals surface area contributed by atoms with Gasteiger partial charge in [0.2, 0.25) is 5.91 Å². The summed E-state index contributed by atoms with van der Waals surface area (Å²) in [4.78, 5) is 11.9. The van der Waals surface area contributed by atoms with Crippen LogP contribution in [-0.2, 0) is 4.79 Å². The first kappa shape index (κ1) is 12.8. The summed E-state index contributed by atoms with van der Waals surface area (Å²) in [6.07, 6.45) is 3.59. The van der Waals surface area contributed by atoms with Crippen molar-refractivity contribution in [2.24, 2.45) is 22.7 Å². The molecule has 0 bridgehead atoms. The van der Waals surface area contributed by atoms with E-state index in [9.17, 15) is 4.79 Å². The molecule has 0 spiro atoms. The molecule has 4 N–H and O–H groups in total. The molecule has 16 heavy (non-hydrogen) atoms. The van der Waals surface area contributed by atoms with Crippen LogP contribution < -0.4 is 11.1 Å². The third-order valence-electron chi connectivity index (χ3n) is 3.14. The summed E-state index contributed by atoms with van der Waals surface area (Å²) in [6, 6.07) is 0.295. The number of nitrogens with one attached hydrogen (secondary N) is 1. The van der Waals surface area contributed by atoms with Crippen molar-refractivity contribution in [3.05, 3.63) is 0 Å². The van der Waals surface area contributed by atoms with Crippen molar-refractivity contribution in [1.29, 1.82) is 0 Å². The molecule has 1 aliphatic rings. The molecule has 1 amide bonds. The molecule has 0 aromatic rings. The maximum absolute atomic E-state index is 11.9. The molecule has 3 unspecified atom stereocenters. The van der Waals surface area contributed by atoms with E-state index in [4.69, 9.17) is 10.9 Å². The quantitative estimate of drug-likeness (QED) is 0.274. The van der Waals surface area contributed by atoms with Crippen LogP contribution in [0.4, 0.5) is 0 Å². The summed E-state index contributed by atoms with van der Waals surface area (Å²) in [5, 5.41) is 14.5. The largest absolute Gasteiger partial charge is 0.409 e. The Bertz CT molecular complexity index is 278. The van der Waals surface area contributed by atoms with Gasteiger partial charge in [-0.15, -0.1) is 0 Å². The number of oxime groups is 1. The highest BCUT2D eigenvalue weighted by molar-refractivity contribution is 6.02. The first-order valence-corrected chi connectivity index (χ1v) is 5.91. The second-order valence-corrected chi connectivity index (χ2v) is 4.39. The first-order valence-electron chi connectivity index (χ1n) is 5.91. The van der Waals surface area contributed by atoms with Crippen LogP contribution in [0, 0.1) is 11.8 Å². The number of nitrogens with zero attached hydrogens (tertiary/aromatic N) is 1. The van der Waals surface area contributed by atoms with E-state index in [1.807, 2.05) is 6.92 Å². The molecule has 1 aliphatic carbocycles. The zero-order valence-corrected chi connectivity index (χ0v) is 9.94. The number of amidine groups is 1.